The Kier molecular flexibility index (Phi) is 4.15. The monoisotopic (exact) mass is 288 g/mol. The predicted octanol–water partition coefficient (Wildman–Crippen LogP) is -0.133. The highest BCUT2D eigenvalue weighted by atomic mass is 32.2. The van der Waals surface area contributed by atoms with Crippen LogP contribution < -0.4 is 10.6 Å². The number of amides is 1. The van der Waals surface area contributed by atoms with Crippen molar-refractivity contribution < 1.29 is 17.6 Å². The maximum atomic E-state index is 11.5. The first kappa shape index (κ1) is 13.9. The molecule has 1 atom stereocenters. The number of sulfone groups is 1. The van der Waals surface area contributed by atoms with Gasteiger partial charge in [-0.15, -0.1) is 5.10 Å². The third-order valence-electron chi connectivity index (χ3n) is 2.75. The first-order valence-corrected chi connectivity index (χ1v) is 8.04. The number of anilines is 1. The van der Waals surface area contributed by atoms with Crippen LogP contribution in [0.1, 0.15) is 31.2 Å². The summed E-state index contributed by atoms with van der Waals surface area (Å²) >= 11 is 0. The highest BCUT2D eigenvalue weighted by Crippen LogP contribution is 2.22. The van der Waals surface area contributed by atoms with Gasteiger partial charge in [0.05, 0.1) is 11.8 Å². The lowest BCUT2D eigenvalue weighted by Gasteiger charge is -2.02. The van der Waals surface area contributed by atoms with Gasteiger partial charge in [0.1, 0.15) is 9.84 Å². The fourth-order valence-corrected chi connectivity index (χ4v) is 2.34. The molecule has 2 rings (SSSR count). The second kappa shape index (κ2) is 5.66. The predicted molar refractivity (Wildman–Crippen MR) is 67.2 cm³/mol. The summed E-state index contributed by atoms with van der Waals surface area (Å²) in [6, 6.07) is 0.0383. The maximum absolute atomic E-state index is 11.5. The summed E-state index contributed by atoms with van der Waals surface area (Å²) in [6.07, 6.45) is 2.92. The zero-order valence-corrected chi connectivity index (χ0v) is 11.4. The molecule has 8 nitrogen and oxygen atoms in total. The van der Waals surface area contributed by atoms with Crippen LogP contribution in [-0.4, -0.2) is 43.1 Å². The van der Waals surface area contributed by atoms with Gasteiger partial charge in [-0.05, 0) is 19.4 Å². The number of carbonyl (C=O) groups is 1. The van der Waals surface area contributed by atoms with Gasteiger partial charge in [0.15, 0.2) is 0 Å². The standard InChI is InChI=1S/C10H16N4O4S/c1-19(16,17)6-4-8(15)12-10-14-13-9(18-10)7-3-2-5-11-7/h7,11H,2-6H2,1H3,(H,12,14,15). The molecule has 0 radical (unpaired) electrons. The normalized spacial score (nSPS) is 19.5. The summed E-state index contributed by atoms with van der Waals surface area (Å²) in [5, 5.41) is 13.1. The quantitative estimate of drug-likeness (QED) is 0.775. The van der Waals surface area contributed by atoms with Gasteiger partial charge in [0.2, 0.25) is 11.8 Å². The molecule has 19 heavy (non-hydrogen) atoms. The molecular formula is C10H16N4O4S. The average Bonchev–Trinajstić information content (AvgIpc) is 2.94. The minimum Gasteiger partial charge on any atom is -0.406 e. The van der Waals surface area contributed by atoms with Crippen molar-refractivity contribution in [1.82, 2.24) is 15.5 Å². The fraction of sp³-hybridized carbons (Fsp3) is 0.700. The summed E-state index contributed by atoms with van der Waals surface area (Å²) in [5.41, 5.74) is 0. The molecule has 2 heterocycles. The third kappa shape index (κ3) is 4.28. The van der Waals surface area contributed by atoms with E-state index in [1.165, 1.54) is 0 Å². The Bertz CT molecular complexity index is 548. The van der Waals surface area contributed by atoms with Gasteiger partial charge in [-0.25, -0.2) is 8.42 Å². The van der Waals surface area contributed by atoms with Gasteiger partial charge in [-0.1, -0.05) is 5.10 Å². The van der Waals surface area contributed by atoms with Crippen LogP contribution in [0.3, 0.4) is 0 Å². The molecule has 1 saturated heterocycles. The second-order valence-corrected chi connectivity index (χ2v) is 6.78. The Hall–Kier alpha value is -1.48. The van der Waals surface area contributed by atoms with Gasteiger partial charge in [-0.2, -0.15) is 0 Å². The molecule has 0 spiro atoms. The molecule has 9 heteroatoms. The van der Waals surface area contributed by atoms with E-state index in [9.17, 15) is 13.2 Å². The van der Waals surface area contributed by atoms with Crippen LogP contribution in [0.4, 0.5) is 6.01 Å². The van der Waals surface area contributed by atoms with Crippen LogP contribution in [0, 0.1) is 0 Å². The van der Waals surface area contributed by atoms with Gasteiger partial charge in [0.25, 0.3) is 0 Å². The van der Waals surface area contributed by atoms with Crippen molar-refractivity contribution in [1.29, 1.82) is 0 Å². The summed E-state index contributed by atoms with van der Waals surface area (Å²) in [7, 11) is -3.16. The smallest absolute Gasteiger partial charge is 0.322 e. The molecule has 106 valence electrons. The average molecular weight is 288 g/mol. The SMILES string of the molecule is CS(=O)(=O)CCC(=O)Nc1nnc(C2CCCN2)o1. The lowest BCUT2D eigenvalue weighted by Crippen LogP contribution is -2.16. The van der Waals surface area contributed by atoms with E-state index < -0.39 is 15.7 Å². The minimum absolute atomic E-state index is 0.00204. The number of hydrogen-bond donors (Lipinski definition) is 2. The molecule has 1 fully saturated rings. The van der Waals surface area contributed by atoms with Gasteiger partial charge in [-0.3, -0.25) is 10.1 Å². The van der Waals surface area contributed by atoms with Crippen LogP contribution in [0.2, 0.25) is 0 Å². The Labute approximate surface area is 110 Å². The van der Waals surface area contributed by atoms with Gasteiger partial charge >= 0.3 is 6.01 Å². The molecule has 1 unspecified atom stereocenters. The molecule has 0 saturated carbocycles. The molecule has 0 bridgehead atoms. The van der Waals surface area contributed by atoms with E-state index in [0.29, 0.717) is 5.89 Å². The van der Waals surface area contributed by atoms with Crippen molar-refractivity contribution in [3.8, 4) is 0 Å². The highest BCUT2D eigenvalue weighted by Gasteiger charge is 2.22. The Morgan fingerprint density at radius 2 is 2.32 bits per heavy atom. The number of nitrogens with zero attached hydrogens (tertiary/aromatic N) is 2. The molecule has 1 aliphatic heterocycles. The van der Waals surface area contributed by atoms with E-state index in [1.54, 1.807) is 0 Å². The number of carbonyl (C=O) groups excluding carboxylic acids is 1. The van der Waals surface area contributed by atoms with E-state index in [4.69, 9.17) is 4.42 Å². The van der Waals surface area contributed by atoms with Gasteiger partial charge < -0.3 is 9.73 Å². The summed E-state index contributed by atoms with van der Waals surface area (Å²) in [5.74, 6) is -0.222. The number of aromatic nitrogens is 2. The molecular weight excluding hydrogens is 272 g/mol. The molecule has 2 N–H and O–H groups in total. The number of nitrogens with one attached hydrogen (secondary N) is 2. The third-order valence-corrected chi connectivity index (χ3v) is 3.69. The molecule has 0 aliphatic carbocycles. The minimum atomic E-state index is -3.16. The van der Waals surface area contributed by atoms with Crippen molar-refractivity contribution in [2.75, 3.05) is 23.9 Å². The second-order valence-electron chi connectivity index (χ2n) is 4.52. The van der Waals surface area contributed by atoms with Crippen molar-refractivity contribution in [3.05, 3.63) is 5.89 Å². The van der Waals surface area contributed by atoms with Crippen LogP contribution in [0.25, 0.3) is 0 Å². The topological polar surface area (TPSA) is 114 Å². The molecule has 1 amide bonds. The van der Waals surface area contributed by atoms with E-state index >= 15 is 0 Å². The Morgan fingerprint density at radius 1 is 1.53 bits per heavy atom. The van der Waals surface area contributed by atoms with Crippen molar-refractivity contribution in [2.45, 2.75) is 25.3 Å². The van der Waals surface area contributed by atoms with E-state index in [2.05, 4.69) is 20.8 Å². The highest BCUT2D eigenvalue weighted by molar-refractivity contribution is 7.90. The first-order chi connectivity index (χ1) is 8.94. The van der Waals surface area contributed by atoms with E-state index in [-0.39, 0.29) is 24.2 Å². The fourth-order valence-electron chi connectivity index (χ4n) is 1.78. The maximum Gasteiger partial charge on any atom is 0.322 e. The van der Waals surface area contributed by atoms with Crippen molar-refractivity contribution in [3.63, 3.8) is 0 Å². The van der Waals surface area contributed by atoms with Crippen molar-refractivity contribution in [2.24, 2.45) is 0 Å². The zero-order chi connectivity index (χ0) is 13.9. The number of hydrogen-bond acceptors (Lipinski definition) is 7. The van der Waals surface area contributed by atoms with Crippen LogP contribution in [0.15, 0.2) is 4.42 Å². The van der Waals surface area contributed by atoms with E-state index in [1.807, 2.05) is 0 Å². The molecule has 0 aromatic carbocycles. The van der Waals surface area contributed by atoms with Crippen LogP contribution >= 0.6 is 0 Å². The van der Waals surface area contributed by atoms with Crippen LogP contribution in [-0.2, 0) is 14.6 Å². The summed E-state index contributed by atoms with van der Waals surface area (Å²) < 4.78 is 27.2. The number of rotatable bonds is 5. The lowest BCUT2D eigenvalue weighted by molar-refractivity contribution is -0.116. The zero-order valence-electron chi connectivity index (χ0n) is 10.5. The first-order valence-electron chi connectivity index (χ1n) is 5.98. The summed E-state index contributed by atoms with van der Waals surface area (Å²) in [4.78, 5) is 11.5. The van der Waals surface area contributed by atoms with Crippen LogP contribution in [0.5, 0.6) is 0 Å². The largest absolute Gasteiger partial charge is 0.406 e. The summed E-state index contributed by atoms with van der Waals surface area (Å²) in [6.45, 7) is 0.906. The van der Waals surface area contributed by atoms with Gasteiger partial charge in [0, 0.05) is 12.7 Å². The lowest BCUT2D eigenvalue weighted by atomic mass is 10.2. The molecule has 1 aromatic heterocycles. The molecule has 1 aromatic rings. The van der Waals surface area contributed by atoms with Crippen molar-refractivity contribution >= 4 is 21.8 Å². The van der Waals surface area contributed by atoms with E-state index in [0.717, 1.165) is 25.6 Å². The Balaban J connectivity index is 1.87. The molecule has 1 aliphatic rings. The Morgan fingerprint density at radius 3 is 2.95 bits per heavy atom.